The van der Waals surface area contributed by atoms with Gasteiger partial charge in [0.05, 0.1) is 17.6 Å². The third kappa shape index (κ3) is 2.77. The van der Waals surface area contributed by atoms with E-state index in [9.17, 15) is 15.0 Å². The number of carbonyl (C=O) groups is 1. The van der Waals surface area contributed by atoms with Crippen LogP contribution in [0.4, 0.5) is 0 Å². The second-order valence-corrected chi connectivity index (χ2v) is 3.40. The van der Waals surface area contributed by atoms with Crippen molar-refractivity contribution in [1.29, 1.82) is 0 Å². The summed E-state index contributed by atoms with van der Waals surface area (Å²) in [5.74, 6) is 3.64. The standard InChI is InChI=1S/C7H16N2O3/c1-4(6(11)9-8)5(10)7(2,3)12/h4-5,10,12H,8H2,1-3H3,(H,9,11)/t4-,5-/m1/s1. The molecule has 0 saturated carbocycles. The van der Waals surface area contributed by atoms with Crippen molar-refractivity contribution in [2.24, 2.45) is 11.8 Å². The van der Waals surface area contributed by atoms with Crippen LogP contribution < -0.4 is 11.3 Å². The molecule has 0 saturated heterocycles. The van der Waals surface area contributed by atoms with E-state index in [-0.39, 0.29) is 0 Å². The van der Waals surface area contributed by atoms with Gasteiger partial charge in [-0.1, -0.05) is 6.92 Å². The molecule has 0 fully saturated rings. The Kier molecular flexibility index (Phi) is 3.63. The Labute approximate surface area is 71.5 Å². The van der Waals surface area contributed by atoms with Crippen molar-refractivity contribution in [3.8, 4) is 0 Å². The van der Waals surface area contributed by atoms with Crippen LogP contribution in [-0.4, -0.2) is 27.8 Å². The number of rotatable bonds is 3. The monoisotopic (exact) mass is 176 g/mol. The van der Waals surface area contributed by atoms with Crippen molar-refractivity contribution in [1.82, 2.24) is 5.43 Å². The molecule has 0 aromatic carbocycles. The second kappa shape index (κ2) is 3.84. The molecule has 5 heteroatoms. The van der Waals surface area contributed by atoms with Gasteiger partial charge in [0.25, 0.3) is 0 Å². The van der Waals surface area contributed by atoms with Gasteiger partial charge in [0, 0.05) is 0 Å². The zero-order chi connectivity index (χ0) is 9.94. The zero-order valence-electron chi connectivity index (χ0n) is 7.53. The molecule has 0 bridgehead atoms. The van der Waals surface area contributed by atoms with Crippen LogP contribution in [0, 0.1) is 5.92 Å². The van der Waals surface area contributed by atoms with Crippen LogP contribution in [0.5, 0.6) is 0 Å². The van der Waals surface area contributed by atoms with E-state index in [1.807, 2.05) is 5.43 Å². The van der Waals surface area contributed by atoms with Crippen molar-refractivity contribution >= 4 is 5.91 Å². The summed E-state index contributed by atoms with van der Waals surface area (Å²) in [5.41, 5.74) is 0.608. The maximum absolute atomic E-state index is 10.9. The summed E-state index contributed by atoms with van der Waals surface area (Å²) in [6.45, 7) is 4.35. The van der Waals surface area contributed by atoms with Gasteiger partial charge in [-0.3, -0.25) is 10.2 Å². The van der Waals surface area contributed by atoms with Crippen molar-refractivity contribution in [3.05, 3.63) is 0 Å². The molecule has 12 heavy (non-hydrogen) atoms. The Hall–Kier alpha value is -0.650. The van der Waals surface area contributed by atoms with Gasteiger partial charge in [-0.15, -0.1) is 0 Å². The van der Waals surface area contributed by atoms with Crippen molar-refractivity contribution in [3.63, 3.8) is 0 Å². The SMILES string of the molecule is C[C@@H](C(=O)NN)[C@@H](O)C(C)(C)O. The number of nitrogens with two attached hydrogens (primary N) is 1. The summed E-state index contributed by atoms with van der Waals surface area (Å²) in [5, 5.41) is 18.7. The summed E-state index contributed by atoms with van der Waals surface area (Å²) >= 11 is 0. The lowest BCUT2D eigenvalue weighted by Crippen LogP contribution is -2.48. The maximum atomic E-state index is 10.9. The fourth-order valence-corrected chi connectivity index (χ4v) is 0.887. The van der Waals surface area contributed by atoms with E-state index in [2.05, 4.69) is 0 Å². The second-order valence-electron chi connectivity index (χ2n) is 3.40. The molecule has 0 aliphatic heterocycles. The van der Waals surface area contributed by atoms with Crippen LogP contribution in [0.3, 0.4) is 0 Å². The van der Waals surface area contributed by atoms with Gasteiger partial charge in [0.1, 0.15) is 0 Å². The highest BCUT2D eigenvalue weighted by molar-refractivity contribution is 5.78. The number of nitrogens with one attached hydrogen (secondary N) is 1. The predicted octanol–water partition coefficient (Wildman–Crippen LogP) is -1.26. The summed E-state index contributed by atoms with van der Waals surface area (Å²) in [6.07, 6.45) is -1.12. The minimum Gasteiger partial charge on any atom is -0.389 e. The van der Waals surface area contributed by atoms with Crippen molar-refractivity contribution in [2.45, 2.75) is 32.5 Å². The number of hydrogen-bond donors (Lipinski definition) is 4. The van der Waals surface area contributed by atoms with Gasteiger partial charge in [0.2, 0.25) is 5.91 Å². The predicted molar refractivity (Wildman–Crippen MR) is 43.8 cm³/mol. The molecule has 72 valence electrons. The highest BCUT2D eigenvalue weighted by Crippen LogP contribution is 2.16. The van der Waals surface area contributed by atoms with Gasteiger partial charge in [-0.2, -0.15) is 0 Å². The summed E-state index contributed by atoms with van der Waals surface area (Å²) in [6, 6.07) is 0. The molecule has 0 rings (SSSR count). The van der Waals surface area contributed by atoms with E-state index in [0.717, 1.165) is 0 Å². The molecule has 1 amide bonds. The number of hydrogen-bond acceptors (Lipinski definition) is 4. The Morgan fingerprint density at radius 1 is 1.58 bits per heavy atom. The quantitative estimate of drug-likeness (QED) is 0.245. The lowest BCUT2D eigenvalue weighted by Gasteiger charge is -2.28. The van der Waals surface area contributed by atoms with E-state index in [4.69, 9.17) is 5.84 Å². The van der Waals surface area contributed by atoms with Crippen LogP contribution in [0.15, 0.2) is 0 Å². The van der Waals surface area contributed by atoms with Crippen LogP contribution in [0.25, 0.3) is 0 Å². The molecular weight excluding hydrogens is 160 g/mol. The summed E-state index contributed by atoms with van der Waals surface area (Å²) in [4.78, 5) is 10.9. The van der Waals surface area contributed by atoms with Crippen molar-refractivity contribution in [2.75, 3.05) is 0 Å². The van der Waals surface area contributed by atoms with E-state index in [1.165, 1.54) is 20.8 Å². The Morgan fingerprint density at radius 2 is 2.00 bits per heavy atom. The third-order valence-corrected chi connectivity index (χ3v) is 1.75. The molecule has 0 heterocycles. The Morgan fingerprint density at radius 3 is 2.25 bits per heavy atom. The molecule has 0 aliphatic rings. The summed E-state index contributed by atoms with van der Waals surface area (Å²) < 4.78 is 0. The Bertz CT molecular complexity index is 165. The smallest absolute Gasteiger partial charge is 0.239 e. The molecule has 5 nitrogen and oxygen atoms in total. The molecular formula is C7H16N2O3. The number of carbonyl (C=O) groups excluding carboxylic acids is 1. The minimum atomic E-state index is -1.30. The van der Waals surface area contributed by atoms with E-state index in [0.29, 0.717) is 0 Å². The average molecular weight is 176 g/mol. The number of hydrazine groups is 1. The lowest BCUT2D eigenvalue weighted by molar-refractivity contribution is -0.136. The molecule has 5 N–H and O–H groups in total. The van der Waals surface area contributed by atoms with Gasteiger partial charge >= 0.3 is 0 Å². The van der Waals surface area contributed by atoms with Gasteiger partial charge in [-0.05, 0) is 13.8 Å². The van der Waals surface area contributed by atoms with E-state index < -0.39 is 23.5 Å². The van der Waals surface area contributed by atoms with Gasteiger partial charge in [-0.25, -0.2) is 5.84 Å². The number of amides is 1. The first-order valence-electron chi connectivity index (χ1n) is 3.71. The highest BCUT2D eigenvalue weighted by Gasteiger charge is 2.33. The molecule has 0 aromatic heterocycles. The molecule has 0 aromatic rings. The first-order chi connectivity index (χ1) is 5.30. The first-order valence-corrected chi connectivity index (χ1v) is 3.71. The first kappa shape index (κ1) is 11.4. The van der Waals surface area contributed by atoms with Crippen molar-refractivity contribution < 1.29 is 15.0 Å². The minimum absolute atomic E-state index is 0.496. The van der Waals surface area contributed by atoms with Crippen LogP contribution >= 0.6 is 0 Å². The highest BCUT2D eigenvalue weighted by atomic mass is 16.3. The van der Waals surface area contributed by atoms with E-state index in [1.54, 1.807) is 0 Å². The maximum Gasteiger partial charge on any atom is 0.239 e. The number of aliphatic hydroxyl groups is 2. The fourth-order valence-electron chi connectivity index (χ4n) is 0.887. The molecule has 0 aliphatic carbocycles. The molecule has 0 unspecified atom stereocenters. The average Bonchev–Trinajstić information content (AvgIpc) is 1.98. The lowest BCUT2D eigenvalue weighted by atomic mass is 9.90. The van der Waals surface area contributed by atoms with Gasteiger partial charge < -0.3 is 10.2 Å². The third-order valence-electron chi connectivity index (χ3n) is 1.75. The molecule has 0 spiro atoms. The van der Waals surface area contributed by atoms with Crippen LogP contribution in [0.2, 0.25) is 0 Å². The van der Waals surface area contributed by atoms with Crippen LogP contribution in [-0.2, 0) is 4.79 Å². The fraction of sp³-hybridized carbons (Fsp3) is 0.857. The topological polar surface area (TPSA) is 95.6 Å². The number of aliphatic hydroxyl groups excluding tert-OH is 1. The zero-order valence-corrected chi connectivity index (χ0v) is 7.53. The van der Waals surface area contributed by atoms with Crippen LogP contribution in [0.1, 0.15) is 20.8 Å². The molecule has 0 radical (unpaired) electrons. The summed E-state index contributed by atoms with van der Waals surface area (Å²) in [7, 11) is 0. The molecule has 2 atom stereocenters. The largest absolute Gasteiger partial charge is 0.389 e. The van der Waals surface area contributed by atoms with Gasteiger partial charge in [0.15, 0.2) is 0 Å². The van der Waals surface area contributed by atoms with E-state index >= 15 is 0 Å². The Balaban J connectivity index is 4.29. The normalized spacial score (nSPS) is 16.8.